The Bertz CT molecular complexity index is 599. The molecule has 0 spiro atoms. The van der Waals surface area contributed by atoms with Gasteiger partial charge in [-0.2, -0.15) is 0 Å². The molecule has 0 aliphatic heterocycles. The summed E-state index contributed by atoms with van der Waals surface area (Å²) in [7, 11) is 1.87. The third-order valence-electron chi connectivity index (χ3n) is 3.18. The monoisotopic (exact) mass is 251 g/mol. The van der Waals surface area contributed by atoms with Crippen molar-refractivity contribution in [1.29, 1.82) is 0 Å². The molecule has 0 aliphatic carbocycles. The molecule has 1 aromatic carbocycles. The highest BCUT2D eigenvalue weighted by molar-refractivity contribution is 6.31. The third-order valence-corrected chi connectivity index (χ3v) is 3.41. The topological polar surface area (TPSA) is 42.2 Å². The molecule has 2 rings (SSSR count). The summed E-state index contributed by atoms with van der Waals surface area (Å²) in [6.45, 7) is 3.40. The van der Waals surface area contributed by atoms with Crippen LogP contribution in [-0.4, -0.2) is 15.6 Å². The Balaban J connectivity index is 2.72. The van der Waals surface area contributed by atoms with E-state index >= 15 is 0 Å². The third kappa shape index (κ3) is 1.80. The molecule has 0 aliphatic rings. The van der Waals surface area contributed by atoms with Crippen LogP contribution in [0.15, 0.2) is 24.3 Å². The Morgan fingerprint density at radius 2 is 2.00 bits per heavy atom. The Hall–Kier alpha value is -1.48. The number of rotatable bonds is 2. The van der Waals surface area contributed by atoms with Crippen LogP contribution >= 0.6 is 11.6 Å². The number of fused-ring (bicyclic) bond motifs is 1. The van der Waals surface area contributed by atoms with E-state index in [-0.39, 0.29) is 0 Å². The van der Waals surface area contributed by atoms with Crippen molar-refractivity contribution in [1.82, 2.24) is 4.57 Å². The van der Waals surface area contributed by atoms with Crippen LogP contribution in [0, 0.1) is 0 Å². The van der Waals surface area contributed by atoms with Gasteiger partial charge in [-0.3, -0.25) is 4.79 Å². The standard InChI is InChI=1S/C13H14ClNO2/c1-13(2,12(16)17)11-7-8-6-9(14)4-5-10(8)15(11)3/h4-7H,1-3H3,(H,16,17). The van der Waals surface area contributed by atoms with Crippen molar-refractivity contribution in [2.75, 3.05) is 0 Å². The van der Waals surface area contributed by atoms with E-state index in [1.54, 1.807) is 19.9 Å². The van der Waals surface area contributed by atoms with E-state index in [1.807, 2.05) is 29.8 Å². The number of halogens is 1. The molecular weight excluding hydrogens is 238 g/mol. The molecule has 4 heteroatoms. The van der Waals surface area contributed by atoms with E-state index in [4.69, 9.17) is 11.6 Å². The number of hydrogen-bond donors (Lipinski definition) is 1. The number of nitrogens with zero attached hydrogens (tertiary/aromatic N) is 1. The number of carbonyl (C=O) groups is 1. The predicted octanol–water partition coefficient (Wildman–Crippen LogP) is 3.19. The van der Waals surface area contributed by atoms with Gasteiger partial charge in [0.2, 0.25) is 0 Å². The first-order valence-electron chi connectivity index (χ1n) is 5.33. The van der Waals surface area contributed by atoms with Gasteiger partial charge < -0.3 is 9.67 Å². The van der Waals surface area contributed by atoms with Crippen molar-refractivity contribution in [3.63, 3.8) is 0 Å². The van der Waals surface area contributed by atoms with Gasteiger partial charge in [-0.25, -0.2) is 0 Å². The highest BCUT2D eigenvalue weighted by Gasteiger charge is 2.32. The van der Waals surface area contributed by atoms with Crippen molar-refractivity contribution < 1.29 is 9.90 Å². The van der Waals surface area contributed by atoms with E-state index < -0.39 is 11.4 Å². The van der Waals surface area contributed by atoms with E-state index in [9.17, 15) is 9.90 Å². The summed E-state index contributed by atoms with van der Waals surface area (Å²) in [5.74, 6) is -0.838. The summed E-state index contributed by atoms with van der Waals surface area (Å²) < 4.78 is 1.90. The van der Waals surface area contributed by atoms with Crippen molar-refractivity contribution in [3.8, 4) is 0 Å². The molecule has 1 heterocycles. The molecule has 0 unspecified atom stereocenters. The molecule has 0 amide bonds. The SMILES string of the molecule is Cn1c(C(C)(C)C(=O)O)cc2cc(Cl)ccc21. The Morgan fingerprint density at radius 3 is 2.59 bits per heavy atom. The Kier molecular flexibility index (Phi) is 2.66. The molecule has 0 bridgehead atoms. The number of aliphatic carboxylic acids is 1. The van der Waals surface area contributed by atoms with E-state index in [0.29, 0.717) is 5.02 Å². The normalized spacial score (nSPS) is 12.0. The maximum Gasteiger partial charge on any atom is 0.315 e. The zero-order valence-electron chi connectivity index (χ0n) is 9.99. The molecular formula is C13H14ClNO2. The second kappa shape index (κ2) is 3.77. The molecule has 0 atom stereocenters. The summed E-state index contributed by atoms with van der Waals surface area (Å²) in [6.07, 6.45) is 0. The molecule has 90 valence electrons. The Labute approximate surface area is 105 Å². The zero-order chi connectivity index (χ0) is 12.8. The minimum Gasteiger partial charge on any atom is -0.481 e. The van der Waals surface area contributed by atoms with Gasteiger partial charge in [-0.05, 0) is 38.1 Å². The van der Waals surface area contributed by atoms with E-state index in [2.05, 4.69) is 0 Å². The van der Waals surface area contributed by atoms with Crippen molar-refractivity contribution in [2.24, 2.45) is 7.05 Å². The minimum atomic E-state index is -0.916. The smallest absolute Gasteiger partial charge is 0.315 e. The van der Waals surface area contributed by atoms with E-state index in [0.717, 1.165) is 16.6 Å². The second-order valence-corrected chi connectivity index (χ2v) is 5.16. The lowest BCUT2D eigenvalue weighted by atomic mass is 9.89. The predicted molar refractivity (Wildman–Crippen MR) is 68.6 cm³/mol. The summed E-state index contributed by atoms with van der Waals surface area (Å²) >= 11 is 5.93. The van der Waals surface area contributed by atoms with Gasteiger partial charge in [-0.15, -0.1) is 0 Å². The van der Waals surface area contributed by atoms with Gasteiger partial charge in [-0.1, -0.05) is 11.6 Å². The van der Waals surface area contributed by atoms with Gasteiger partial charge >= 0.3 is 5.97 Å². The first-order chi connectivity index (χ1) is 7.84. The van der Waals surface area contributed by atoms with Gasteiger partial charge in [0.15, 0.2) is 0 Å². The van der Waals surface area contributed by atoms with Crippen LogP contribution in [0.2, 0.25) is 5.02 Å². The largest absolute Gasteiger partial charge is 0.481 e. The van der Waals surface area contributed by atoms with Gasteiger partial charge in [0.05, 0.1) is 0 Å². The lowest BCUT2D eigenvalue weighted by Gasteiger charge is -2.20. The summed E-state index contributed by atoms with van der Waals surface area (Å²) in [4.78, 5) is 11.3. The van der Waals surface area contributed by atoms with Gasteiger partial charge in [0, 0.05) is 28.7 Å². The van der Waals surface area contributed by atoms with Crippen molar-refractivity contribution in [3.05, 3.63) is 35.0 Å². The molecule has 0 radical (unpaired) electrons. The summed E-state index contributed by atoms with van der Waals surface area (Å²) in [6, 6.07) is 7.44. The van der Waals surface area contributed by atoms with Crippen LogP contribution in [0.5, 0.6) is 0 Å². The number of hydrogen-bond acceptors (Lipinski definition) is 1. The fourth-order valence-corrected chi connectivity index (χ4v) is 2.21. The highest BCUT2D eigenvalue weighted by Crippen LogP contribution is 2.30. The first-order valence-corrected chi connectivity index (χ1v) is 5.70. The lowest BCUT2D eigenvalue weighted by molar-refractivity contribution is -0.142. The van der Waals surface area contributed by atoms with Crippen molar-refractivity contribution in [2.45, 2.75) is 19.3 Å². The number of aryl methyl sites for hydroxylation is 1. The Morgan fingerprint density at radius 1 is 1.35 bits per heavy atom. The highest BCUT2D eigenvalue weighted by atomic mass is 35.5. The van der Waals surface area contributed by atoms with E-state index in [1.165, 1.54) is 0 Å². The fourth-order valence-electron chi connectivity index (χ4n) is 2.03. The van der Waals surface area contributed by atoms with Crippen LogP contribution < -0.4 is 0 Å². The fraction of sp³-hybridized carbons (Fsp3) is 0.308. The molecule has 1 aromatic heterocycles. The number of carboxylic acids is 1. The number of benzene rings is 1. The van der Waals surface area contributed by atoms with Crippen LogP contribution in [-0.2, 0) is 17.3 Å². The summed E-state index contributed by atoms with van der Waals surface area (Å²) in [5.41, 5.74) is 0.834. The average molecular weight is 252 g/mol. The van der Waals surface area contributed by atoms with Crippen LogP contribution in [0.25, 0.3) is 10.9 Å². The van der Waals surface area contributed by atoms with Gasteiger partial charge in [0.25, 0.3) is 0 Å². The second-order valence-electron chi connectivity index (χ2n) is 4.72. The molecule has 2 aromatic rings. The average Bonchev–Trinajstić information content (AvgIpc) is 2.55. The minimum absolute atomic E-state index is 0.655. The molecule has 17 heavy (non-hydrogen) atoms. The number of aromatic nitrogens is 1. The summed E-state index contributed by atoms with van der Waals surface area (Å²) in [5, 5.41) is 10.9. The van der Waals surface area contributed by atoms with Crippen LogP contribution in [0.4, 0.5) is 0 Å². The quantitative estimate of drug-likeness (QED) is 0.891. The van der Waals surface area contributed by atoms with Crippen molar-refractivity contribution >= 4 is 28.5 Å². The molecule has 1 N–H and O–H groups in total. The molecule has 0 fully saturated rings. The lowest BCUT2D eigenvalue weighted by Crippen LogP contribution is -2.30. The van der Waals surface area contributed by atoms with Gasteiger partial charge in [0.1, 0.15) is 5.41 Å². The first kappa shape index (κ1) is 12.0. The van der Waals surface area contributed by atoms with Crippen LogP contribution in [0.3, 0.4) is 0 Å². The molecule has 3 nitrogen and oxygen atoms in total. The van der Waals surface area contributed by atoms with Crippen LogP contribution in [0.1, 0.15) is 19.5 Å². The maximum atomic E-state index is 11.3. The number of carboxylic acid groups (broad SMARTS) is 1. The molecule has 0 saturated heterocycles. The zero-order valence-corrected chi connectivity index (χ0v) is 10.7. The maximum absolute atomic E-state index is 11.3. The molecule has 0 saturated carbocycles.